The Morgan fingerprint density at radius 3 is 2.82 bits per heavy atom. The van der Waals surface area contributed by atoms with Gasteiger partial charge >= 0.3 is 0 Å². The van der Waals surface area contributed by atoms with Crippen molar-refractivity contribution in [1.82, 2.24) is 9.78 Å². The maximum Gasteiger partial charge on any atom is 0.275 e. The average Bonchev–Trinajstić information content (AvgIpc) is 2.66. The fourth-order valence-corrected chi connectivity index (χ4v) is 4.33. The van der Waals surface area contributed by atoms with E-state index in [0.717, 1.165) is 15.8 Å². The summed E-state index contributed by atoms with van der Waals surface area (Å²) in [5.41, 5.74) is -0.140. The summed E-state index contributed by atoms with van der Waals surface area (Å²) in [4.78, 5) is 11.9. The van der Waals surface area contributed by atoms with Crippen molar-refractivity contribution in [3.63, 3.8) is 0 Å². The van der Waals surface area contributed by atoms with Gasteiger partial charge in [0, 0.05) is 12.5 Å². The highest BCUT2D eigenvalue weighted by Crippen LogP contribution is 2.70. The van der Waals surface area contributed by atoms with E-state index in [0.29, 0.717) is 19.3 Å². The van der Waals surface area contributed by atoms with Crippen molar-refractivity contribution in [3.8, 4) is 0 Å². The van der Waals surface area contributed by atoms with Crippen LogP contribution in [0.1, 0.15) is 25.0 Å². The average molecular weight is 250 g/mol. The lowest BCUT2D eigenvalue weighted by Crippen LogP contribution is -2.67. The Morgan fingerprint density at radius 1 is 1.47 bits per heavy atom. The van der Waals surface area contributed by atoms with E-state index in [1.54, 1.807) is 7.05 Å². The zero-order chi connectivity index (χ0) is 11.8. The third kappa shape index (κ3) is 1.01. The smallest absolute Gasteiger partial charge is 0.267 e. The summed E-state index contributed by atoms with van der Waals surface area (Å²) in [5, 5.41) is 7.02. The largest absolute Gasteiger partial charge is 0.275 e. The van der Waals surface area contributed by atoms with Gasteiger partial charge < -0.3 is 0 Å². The zero-order valence-corrected chi connectivity index (χ0v) is 10.2. The number of aryl methyl sites for hydroxylation is 1. The van der Waals surface area contributed by atoms with Gasteiger partial charge in [0.1, 0.15) is 5.67 Å². The first-order valence-electron chi connectivity index (χ1n) is 5.67. The van der Waals surface area contributed by atoms with Crippen molar-refractivity contribution < 1.29 is 4.39 Å². The first kappa shape index (κ1) is 9.76. The molecule has 3 nitrogen and oxygen atoms in total. The van der Waals surface area contributed by atoms with Gasteiger partial charge in [-0.3, -0.25) is 4.79 Å². The van der Waals surface area contributed by atoms with Crippen molar-refractivity contribution in [3.05, 3.63) is 27.5 Å². The van der Waals surface area contributed by atoms with Crippen molar-refractivity contribution >= 4 is 21.4 Å². The Balaban J connectivity index is 2.00. The predicted molar refractivity (Wildman–Crippen MR) is 64.2 cm³/mol. The van der Waals surface area contributed by atoms with Gasteiger partial charge in [-0.15, -0.1) is 11.3 Å². The highest BCUT2D eigenvalue weighted by molar-refractivity contribution is 7.17. The number of halogens is 1. The molecule has 2 aromatic rings. The molecule has 5 heteroatoms. The topological polar surface area (TPSA) is 34.9 Å². The summed E-state index contributed by atoms with van der Waals surface area (Å²) in [6.45, 7) is 0. The van der Waals surface area contributed by atoms with Gasteiger partial charge in [0.15, 0.2) is 0 Å². The second-order valence-electron chi connectivity index (χ2n) is 5.40. The number of aromatic nitrogens is 2. The second kappa shape index (κ2) is 2.61. The fraction of sp³-hybridized carbons (Fsp3) is 0.500. The standard InChI is InChI=1S/C12H11FN2OS/c1-15-10(16)7-2-3-17-8(7)9(14-15)11-4-12(13,5-11)6-11/h2-3H,4-6H2,1H3. The third-order valence-corrected chi connectivity index (χ3v) is 5.04. The molecular formula is C12H11FN2OS. The summed E-state index contributed by atoms with van der Waals surface area (Å²) in [6, 6.07) is 1.84. The molecule has 0 amide bonds. The van der Waals surface area contributed by atoms with Gasteiger partial charge in [-0.25, -0.2) is 9.07 Å². The molecule has 3 aliphatic rings. The number of nitrogens with zero attached hydrogens (tertiary/aromatic N) is 2. The molecule has 0 aromatic carbocycles. The third-order valence-electron chi connectivity index (χ3n) is 4.12. The predicted octanol–water partition coefficient (Wildman–Crippen LogP) is 2.14. The molecule has 0 atom stereocenters. The first-order valence-corrected chi connectivity index (χ1v) is 6.55. The minimum atomic E-state index is -0.931. The molecule has 0 N–H and O–H groups in total. The minimum Gasteiger partial charge on any atom is -0.267 e. The van der Waals surface area contributed by atoms with Crippen LogP contribution in [0, 0.1) is 0 Å². The van der Waals surface area contributed by atoms with Crippen LogP contribution in [0.4, 0.5) is 4.39 Å². The summed E-state index contributed by atoms with van der Waals surface area (Å²) in [5.74, 6) is 0. The van der Waals surface area contributed by atoms with E-state index >= 15 is 0 Å². The van der Waals surface area contributed by atoms with E-state index in [1.807, 2.05) is 11.4 Å². The molecule has 2 bridgehead atoms. The van der Waals surface area contributed by atoms with Crippen molar-refractivity contribution in [2.45, 2.75) is 30.3 Å². The highest BCUT2D eigenvalue weighted by Gasteiger charge is 2.71. The first-order chi connectivity index (χ1) is 8.03. The summed E-state index contributed by atoms with van der Waals surface area (Å²) in [6.07, 6.45) is 1.74. The summed E-state index contributed by atoms with van der Waals surface area (Å²) < 4.78 is 16.0. The second-order valence-corrected chi connectivity index (χ2v) is 6.32. The number of hydrogen-bond donors (Lipinski definition) is 0. The lowest BCUT2D eigenvalue weighted by atomic mass is 9.41. The maximum atomic E-state index is 13.6. The molecule has 5 rings (SSSR count). The molecule has 0 radical (unpaired) electrons. The van der Waals surface area contributed by atoms with Crippen LogP contribution in [0.25, 0.3) is 10.1 Å². The van der Waals surface area contributed by atoms with Crippen LogP contribution in [0.5, 0.6) is 0 Å². The molecule has 0 aliphatic heterocycles. The molecule has 0 unspecified atom stereocenters. The van der Waals surface area contributed by atoms with Gasteiger partial charge in [-0.1, -0.05) is 0 Å². The quantitative estimate of drug-likeness (QED) is 0.777. The van der Waals surface area contributed by atoms with Gasteiger partial charge in [0.25, 0.3) is 5.56 Å². The van der Waals surface area contributed by atoms with Crippen LogP contribution >= 0.6 is 11.3 Å². The molecule has 2 heterocycles. The number of fused-ring (bicyclic) bond motifs is 1. The lowest BCUT2D eigenvalue weighted by molar-refractivity contribution is -0.159. The van der Waals surface area contributed by atoms with E-state index in [1.165, 1.54) is 16.0 Å². The Bertz CT molecular complexity index is 682. The molecule has 3 saturated carbocycles. The highest BCUT2D eigenvalue weighted by atomic mass is 32.1. The van der Waals surface area contributed by atoms with Crippen LogP contribution in [0.3, 0.4) is 0 Å². The van der Waals surface area contributed by atoms with Crippen LogP contribution in [0.2, 0.25) is 0 Å². The Kier molecular flexibility index (Phi) is 1.50. The molecule has 0 saturated heterocycles. The number of alkyl halides is 1. The SMILES string of the molecule is Cn1nc(C23CC(F)(C2)C3)c2sccc2c1=O. The Morgan fingerprint density at radius 2 is 2.18 bits per heavy atom. The molecule has 3 fully saturated rings. The normalized spacial score (nSPS) is 34.5. The summed E-state index contributed by atoms with van der Waals surface area (Å²) in [7, 11) is 1.67. The minimum absolute atomic E-state index is 0.0634. The lowest BCUT2D eigenvalue weighted by Gasteiger charge is -2.65. The van der Waals surface area contributed by atoms with Crippen LogP contribution in [0.15, 0.2) is 16.2 Å². The van der Waals surface area contributed by atoms with Crippen LogP contribution in [-0.4, -0.2) is 15.4 Å². The van der Waals surface area contributed by atoms with E-state index in [4.69, 9.17) is 0 Å². The van der Waals surface area contributed by atoms with E-state index in [9.17, 15) is 9.18 Å². The fourth-order valence-electron chi connectivity index (χ4n) is 3.34. The van der Waals surface area contributed by atoms with Crippen LogP contribution < -0.4 is 5.56 Å². The van der Waals surface area contributed by atoms with Crippen LogP contribution in [-0.2, 0) is 12.5 Å². The maximum absolute atomic E-state index is 13.6. The molecule has 88 valence electrons. The van der Waals surface area contributed by atoms with E-state index in [2.05, 4.69) is 5.10 Å². The van der Waals surface area contributed by atoms with E-state index < -0.39 is 5.67 Å². The zero-order valence-electron chi connectivity index (χ0n) is 9.36. The monoisotopic (exact) mass is 250 g/mol. The molecule has 3 aliphatic carbocycles. The van der Waals surface area contributed by atoms with Gasteiger partial charge in [-0.2, -0.15) is 5.10 Å². The summed E-state index contributed by atoms with van der Waals surface area (Å²) >= 11 is 1.54. The number of rotatable bonds is 1. The molecule has 2 aromatic heterocycles. The molecule has 17 heavy (non-hydrogen) atoms. The molecule has 0 spiro atoms. The number of thiophene rings is 1. The Labute approximate surface area is 101 Å². The Hall–Kier alpha value is -1.23. The molecular weight excluding hydrogens is 239 g/mol. The van der Waals surface area contributed by atoms with Gasteiger partial charge in [0.05, 0.1) is 15.8 Å². The van der Waals surface area contributed by atoms with Crippen molar-refractivity contribution in [1.29, 1.82) is 0 Å². The van der Waals surface area contributed by atoms with Gasteiger partial charge in [-0.05, 0) is 30.7 Å². The van der Waals surface area contributed by atoms with Crippen molar-refractivity contribution in [2.24, 2.45) is 7.05 Å². The van der Waals surface area contributed by atoms with Gasteiger partial charge in [0.2, 0.25) is 0 Å². The van der Waals surface area contributed by atoms with E-state index in [-0.39, 0.29) is 11.0 Å². The van der Waals surface area contributed by atoms with Crippen molar-refractivity contribution in [2.75, 3.05) is 0 Å². The number of hydrogen-bond acceptors (Lipinski definition) is 3.